The number of ether oxygens (including phenoxy) is 2. The minimum Gasteiger partial charge on any atom is -0.460 e. The predicted octanol–water partition coefficient (Wildman–Crippen LogP) is 4.74. The van der Waals surface area contributed by atoms with Gasteiger partial charge >= 0.3 is 5.97 Å². The number of rotatable bonds is 3. The summed E-state index contributed by atoms with van der Waals surface area (Å²) >= 11 is 0. The Balaban J connectivity index is 1.23. The lowest BCUT2D eigenvalue weighted by atomic mass is 9.45. The van der Waals surface area contributed by atoms with Gasteiger partial charge in [0.2, 0.25) is 0 Å². The lowest BCUT2D eigenvalue weighted by Gasteiger charge is -2.61. The van der Waals surface area contributed by atoms with Crippen molar-refractivity contribution in [2.45, 2.75) is 103 Å². The Hall–Kier alpha value is -0.650. The molecule has 6 aliphatic rings. The van der Waals surface area contributed by atoms with E-state index >= 15 is 0 Å². The van der Waals surface area contributed by atoms with Gasteiger partial charge in [-0.25, -0.2) is 0 Å². The van der Waals surface area contributed by atoms with Gasteiger partial charge in [0.25, 0.3) is 0 Å². The highest BCUT2D eigenvalue weighted by atomic mass is 16.5. The summed E-state index contributed by atoms with van der Waals surface area (Å²) in [5.74, 6) is 3.19. The number of likely N-dealkylation sites (tertiary alicyclic amines) is 1. The number of esters is 1. The molecule has 0 amide bonds. The molecule has 0 aromatic heterocycles. The van der Waals surface area contributed by atoms with Gasteiger partial charge in [0.15, 0.2) is 0 Å². The fourth-order valence-corrected chi connectivity index (χ4v) is 10.3. The van der Waals surface area contributed by atoms with E-state index in [1.165, 1.54) is 77.3 Å². The number of hydrogen-bond donors (Lipinski definition) is 0. The third-order valence-electron chi connectivity index (χ3n) is 12.0. The quantitative estimate of drug-likeness (QED) is 0.555. The first-order valence-corrected chi connectivity index (χ1v) is 14.6. The van der Waals surface area contributed by atoms with E-state index in [1.54, 1.807) is 6.92 Å². The Morgan fingerprint density at radius 2 is 1.59 bits per heavy atom. The molecular formula is C29H48N2O3. The summed E-state index contributed by atoms with van der Waals surface area (Å²) in [6.07, 6.45) is 13.8. The van der Waals surface area contributed by atoms with Gasteiger partial charge in [-0.1, -0.05) is 13.8 Å². The van der Waals surface area contributed by atoms with Crippen molar-refractivity contribution in [1.82, 2.24) is 9.80 Å². The van der Waals surface area contributed by atoms with Crippen LogP contribution in [0.3, 0.4) is 0 Å². The molecule has 192 valence electrons. The second-order valence-electron chi connectivity index (χ2n) is 13.4. The van der Waals surface area contributed by atoms with Crippen molar-refractivity contribution in [3.05, 3.63) is 0 Å². The van der Waals surface area contributed by atoms with Crippen molar-refractivity contribution < 1.29 is 14.3 Å². The molecule has 5 heteroatoms. The van der Waals surface area contributed by atoms with Crippen LogP contribution >= 0.6 is 0 Å². The van der Waals surface area contributed by atoms with Crippen molar-refractivity contribution in [1.29, 1.82) is 0 Å². The molecule has 0 radical (unpaired) electrons. The number of fused-ring (bicyclic) bond motifs is 5. The Labute approximate surface area is 207 Å². The first kappa shape index (κ1) is 23.7. The molecule has 0 spiro atoms. The zero-order valence-electron chi connectivity index (χ0n) is 22.0. The largest absolute Gasteiger partial charge is 0.460 e. The average Bonchev–Trinajstić information content (AvgIpc) is 3.46. The first-order valence-electron chi connectivity index (χ1n) is 14.6. The summed E-state index contributed by atoms with van der Waals surface area (Å²) in [4.78, 5) is 17.7. The summed E-state index contributed by atoms with van der Waals surface area (Å²) in [7, 11) is 0. The summed E-state index contributed by atoms with van der Waals surface area (Å²) in [6.45, 7) is 13.1. The van der Waals surface area contributed by atoms with E-state index in [4.69, 9.17) is 9.47 Å². The lowest BCUT2D eigenvalue weighted by Crippen LogP contribution is -2.56. The second kappa shape index (κ2) is 9.03. The number of morpholine rings is 1. The molecule has 0 bridgehead atoms. The number of hydrogen-bond acceptors (Lipinski definition) is 5. The molecule has 4 saturated carbocycles. The van der Waals surface area contributed by atoms with E-state index in [2.05, 4.69) is 23.6 Å². The monoisotopic (exact) mass is 472 g/mol. The van der Waals surface area contributed by atoms with E-state index in [1.807, 2.05) is 0 Å². The normalized spacial score (nSPS) is 49.8. The number of carbonyl (C=O) groups is 1. The van der Waals surface area contributed by atoms with E-state index in [0.29, 0.717) is 17.4 Å². The molecule has 6 fully saturated rings. The zero-order valence-corrected chi connectivity index (χ0v) is 22.0. The van der Waals surface area contributed by atoms with Crippen LogP contribution < -0.4 is 0 Å². The van der Waals surface area contributed by atoms with Gasteiger partial charge in [-0.15, -0.1) is 0 Å². The van der Waals surface area contributed by atoms with Gasteiger partial charge in [0.05, 0.1) is 13.2 Å². The van der Waals surface area contributed by atoms with E-state index in [9.17, 15) is 4.79 Å². The lowest BCUT2D eigenvalue weighted by molar-refractivity contribution is -0.166. The summed E-state index contributed by atoms with van der Waals surface area (Å²) < 4.78 is 11.9. The Kier molecular flexibility index (Phi) is 6.30. The Morgan fingerprint density at radius 1 is 0.853 bits per heavy atom. The molecule has 9 atom stereocenters. The average molecular weight is 473 g/mol. The molecule has 0 aromatic carbocycles. The minimum atomic E-state index is -0.0943. The van der Waals surface area contributed by atoms with Gasteiger partial charge in [0.1, 0.15) is 6.10 Å². The van der Waals surface area contributed by atoms with Crippen LogP contribution in [-0.4, -0.2) is 73.3 Å². The van der Waals surface area contributed by atoms with Crippen LogP contribution in [0.4, 0.5) is 0 Å². The third kappa shape index (κ3) is 3.78. The molecule has 5 nitrogen and oxygen atoms in total. The zero-order chi connectivity index (χ0) is 23.5. The highest BCUT2D eigenvalue weighted by molar-refractivity contribution is 5.66. The molecule has 6 rings (SSSR count). The molecular weight excluding hydrogens is 424 g/mol. The summed E-state index contributed by atoms with van der Waals surface area (Å²) in [6, 6.07) is 1.23. The van der Waals surface area contributed by atoms with Gasteiger partial charge in [-0.3, -0.25) is 9.69 Å². The summed E-state index contributed by atoms with van der Waals surface area (Å²) in [5.41, 5.74) is 0.653. The van der Waals surface area contributed by atoms with Crippen LogP contribution in [0.25, 0.3) is 0 Å². The Morgan fingerprint density at radius 3 is 2.32 bits per heavy atom. The maximum Gasteiger partial charge on any atom is 0.302 e. The van der Waals surface area contributed by atoms with Gasteiger partial charge in [-0.05, 0) is 106 Å². The number of nitrogens with zero attached hydrogens (tertiary/aromatic N) is 2. The molecule has 2 heterocycles. The highest BCUT2D eigenvalue weighted by Crippen LogP contribution is 2.67. The van der Waals surface area contributed by atoms with Gasteiger partial charge in [0, 0.05) is 37.5 Å². The molecule has 34 heavy (non-hydrogen) atoms. The Bertz CT molecular complexity index is 762. The first-order chi connectivity index (χ1) is 16.4. The molecule has 2 aliphatic heterocycles. The molecule has 4 aliphatic carbocycles. The van der Waals surface area contributed by atoms with E-state index in [0.717, 1.165) is 50.1 Å². The highest BCUT2D eigenvalue weighted by Gasteiger charge is 2.64. The van der Waals surface area contributed by atoms with Gasteiger partial charge < -0.3 is 14.4 Å². The van der Waals surface area contributed by atoms with Crippen molar-refractivity contribution in [3.63, 3.8) is 0 Å². The minimum absolute atomic E-state index is 0.0467. The van der Waals surface area contributed by atoms with Crippen LogP contribution in [0.2, 0.25) is 0 Å². The molecule has 0 unspecified atom stereocenters. The maximum absolute atomic E-state index is 12.2. The molecule has 2 saturated heterocycles. The van der Waals surface area contributed by atoms with Crippen molar-refractivity contribution in [2.24, 2.45) is 34.5 Å². The standard InChI is InChI=1S/C29H48N2O3/c1-20(32)34-27-26(31-14-16-33-17-15-31)19-25-23-7-6-21-18-22(30-12-4-5-13-30)8-10-28(21,2)24(23)9-11-29(25,27)3/h21-27H,4-19H2,1-3H3/t21-,22-,23+,24-,25-,26-,27-,28-,29-/m0/s1. The van der Waals surface area contributed by atoms with Crippen molar-refractivity contribution in [3.8, 4) is 0 Å². The molecule has 0 aromatic rings. The van der Waals surface area contributed by atoms with Crippen LogP contribution in [0.1, 0.15) is 85.0 Å². The second-order valence-corrected chi connectivity index (χ2v) is 13.4. The smallest absolute Gasteiger partial charge is 0.302 e. The van der Waals surface area contributed by atoms with Crippen LogP contribution in [-0.2, 0) is 14.3 Å². The van der Waals surface area contributed by atoms with E-state index < -0.39 is 0 Å². The van der Waals surface area contributed by atoms with Crippen LogP contribution in [0.15, 0.2) is 0 Å². The predicted molar refractivity (Wildman–Crippen MR) is 133 cm³/mol. The van der Waals surface area contributed by atoms with Crippen LogP contribution in [0, 0.1) is 34.5 Å². The van der Waals surface area contributed by atoms with E-state index in [-0.39, 0.29) is 17.5 Å². The van der Waals surface area contributed by atoms with Crippen molar-refractivity contribution >= 4 is 5.97 Å². The topological polar surface area (TPSA) is 42.0 Å². The van der Waals surface area contributed by atoms with Gasteiger partial charge in [-0.2, -0.15) is 0 Å². The maximum atomic E-state index is 12.2. The van der Waals surface area contributed by atoms with Crippen LogP contribution in [0.5, 0.6) is 0 Å². The fourth-order valence-electron chi connectivity index (χ4n) is 10.3. The molecule has 0 N–H and O–H groups in total. The third-order valence-corrected chi connectivity index (χ3v) is 12.0. The number of carbonyl (C=O) groups excluding carboxylic acids is 1. The summed E-state index contributed by atoms with van der Waals surface area (Å²) in [5, 5.41) is 0. The SMILES string of the molecule is CC(=O)O[C@H]1[C@@H](N2CCOCC2)C[C@H]2[C@@H]3CC[C@H]4C[C@@H](N5CCCC5)CC[C@]4(C)[C@H]3CC[C@@]21C. The fraction of sp³-hybridized carbons (Fsp3) is 0.966. The van der Waals surface area contributed by atoms with Crippen molar-refractivity contribution in [2.75, 3.05) is 39.4 Å².